The summed E-state index contributed by atoms with van der Waals surface area (Å²) < 4.78 is 5.28. The van der Waals surface area contributed by atoms with Gasteiger partial charge in [0.1, 0.15) is 17.2 Å². The summed E-state index contributed by atoms with van der Waals surface area (Å²) in [7, 11) is 0. The highest BCUT2D eigenvalue weighted by Gasteiger charge is 2.10. The minimum Gasteiger partial charge on any atom is -0.477 e. The molecule has 0 unspecified atom stereocenters. The zero-order valence-electron chi connectivity index (χ0n) is 8.48. The molecule has 0 aliphatic rings. The summed E-state index contributed by atoms with van der Waals surface area (Å²) in [5.41, 5.74) is -0.302. The fourth-order valence-corrected chi connectivity index (χ4v) is 1.37. The molecule has 2 rings (SSSR count). The van der Waals surface area contributed by atoms with Crippen molar-refractivity contribution in [1.82, 2.24) is 4.98 Å². The van der Waals surface area contributed by atoms with Gasteiger partial charge in [-0.3, -0.25) is 4.79 Å². The smallest absolute Gasteiger partial charge is 0.352 e. The van der Waals surface area contributed by atoms with Gasteiger partial charge < -0.3 is 14.5 Å². The number of nitrogens with one attached hydrogen (secondary N) is 1. The molecule has 2 aromatic heterocycles. The third-order valence-electron chi connectivity index (χ3n) is 2.15. The summed E-state index contributed by atoms with van der Waals surface area (Å²) in [5.74, 6) is -0.0494. The van der Waals surface area contributed by atoms with Crippen LogP contribution in [0.15, 0.2) is 33.5 Å². The van der Waals surface area contributed by atoms with E-state index < -0.39 is 11.5 Å². The van der Waals surface area contributed by atoms with E-state index in [0.717, 1.165) is 0 Å². The number of aryl methyl sites for hydroxylation is 1. The van der Waals surface area contributed by atoms with Gasteiger partial charge in [0, 0.05) is 0 Å². The zero-order valence-corrected chi connectivity index (χ0v) is 8.48. The molecule has 0 saturated heterocycles. The van der Waals surface area contributed by atoms with Gasteiger partial charge in [-0.05, 0) is 31.2 Å². The second kappa shape index (κ2) is 3.69. The molecule has 0 amide bonds. The summed E-state index contributed by atoms with van der Waals surface area (Å²) in [6.07, 6.45) is 0. The first kappa shape index (κ1) is 10.2. The molecule has 2 heterocycles. The highest BCUT2D eigenvalue weighted by molar-refractivity contribution is 5.85. The molecule has 0 saturated carbocycles. The van der Waals surface area contributed by atoms with E-state index in [9.17, 15) is 9.59 Å². The monoisotopic (exact) mass is 219 g/mol. The normalized spacial score (nSPS) is 10.3. The van der Waals surface area contributed by atoms with Gasteiger partial charge in [-0.25, -0.2) is 4.79 Å². The zero-order chi connectivity index (χ0) is 11.7. The van der Waals surface area contributed by atoms with Gasteiger partial charge >= 0.3 is 5.97 Å². The number of aromatic amines is 1. The van der Waals surface area contributed by atoms with Crippen molar-refractivity contribution in [3.63, 3.8) is 0 Å². The van der Waals surface area contributed by atoms with Gasteiger partial charge in [0.2, 0.25) is 0 Å². The molecule has 2 N–H and O–H groups in total. The molecular formula is C11H9NO4. The standard InChI is InChI=1S/C11H9NO4/c1-6-2-5-9(16-6)7-3-4-8(11(14)15)12-10(7)13/h2-5H,1H3,(H,12,13)(H,14,15). The molecule has 2 aromatic rings. The van der Waals surface area contributed by atoms with Gasteiger partial charge in [0.05, 0.1) is 5.56 Å². The molecule has 82 valence electrons. The van der Waals surface area contributed by atoms with Crippen molar-refractivity contribution in [3.8, 4) is 11.3 Å². The first-order chi connectivity index (χ1) is 7.58. The summed E-state index contributed by atoms with van der Waals surface area (Å²) in [6, 6.07) is 6.16. The molecule has 0 aliphatic heterocycles. The lowest BCUT2D eigenvalue weighted by atomic mass is 10.2. The van der Waals surface area contributed by atoms with Crippen molar-refractivity contribution in [1.29, 1.82) is 0 Å². The minimum atomic E-state index is -1.17. The van der Waals surface area contributed by atoms with Crippen molar-refractivity contribution in [2.45, 2.75) is 6.92 Å². The number of carboxylic acid groups (broad SMARTS) is 1. The van der Waals surface area contributed by atoms with Crippen LogP contribution in [0.4, 0.5) is 0 Å². The minimum absolute atomic E-state index is 0.142. The summed E-state index contributed by atoms with van der Waals surface area (Å²) in [5, 5.41) is 8.68. The van der Waals surface area contributed by atoms with Gasteiger partial charge in [-0.15, -0.1) is 0 Å². The molecule has 0 atom stereocenters. The molecule has 0 spiro atoms. The Morgan fingerprint density at radius 1 is 1.31 bits per heavy atom. The Labute approximate surface area is 90.3 Å². The van der Waals surface area contributed by atoms with E-state index in [-0.39, 0.29) is 5.69 Å². The number of aromatic carboxylic acids is 1. The average molecular weight is 219 g/mol. The molecule has 0 bridgehead atoms. The fourth-order valence-electron chi connectivity index (χ4n) is 1.37. The number of hydrogen-bond acceptors (Lipinski definition) is 3. The maximum atomic E-state index is 11.6. The van der Waals surface area contributed by atoms with Crippen LogP contribution in [-0.4, -0.2) is 16.1 Å². The van der Waals surface area contributed by atoms with Crippen LogP contribution in [0.1, 0.15) is 16.2 Å². The molecule has 0 radical (unpaired) electrons. The third-order valence-corrected chi connectivity index (χ3v) is 2.15. The van der Waals surface area contributed by atoms with Crippen LogP contribution in [0.5, 0.6) is 0 Å². The summed E-state index contributed by atoms with van der Waals surface area (Å²) in [6.45, 7) is 1.77. The summed E-state index contributed by atoms with van der Waals surface area (Å²) in [4.78, 5) is 24.5. The number of pyridine rings is 1. The van der Waals surface area contributed by atoms with E-state index in [1.54, 1.807) is 19.1 Å². The first-order valence-corrected chi connectivity index (χ1v) is 4.61. The number of rotatable bonds is 2. The number of H-pyrrole nitrogens is 1. The second-order valence-corrected chi connectivity index (χ2v) is 3.33. The highest BCUT2D eigenvalue weighted by Crippen LogP contribution is 2.17. The quantitative estimate of drug-likeness (QED) is 0.804. The Morgan fingerprint density at radius 2 is 2.06 bits per heavy atom. The van der Waals surface area contributed by atoms with Gasteiger partial charge in [-0.2, -0.15) is 0 Å². The second-order valence-electron chi connectivity index (χ2n) is 3.33. The molecule has 0 fully saturated rings. The van der Waals surface area contributed by atoms with Gasteiger partial charge in [0.25, 0.3) is 5.56 Å². The SMILES string of the molecule is Cc1ccc(-c2ccc(C(=O)O)[nH]c2=O)o1. The average Bonchev–Trinajstić information content (AvgIpc) is 2.64. The molecule has 5 heteroatoms. The topological polar surface area (TPSA) is 83.3 Å². The predicted molar refractivity (Wildman–Crippen MR) is 56.5 cm³/mol. The number of hydrogen-bond donors (Lipinski definition) is 2. The van der Waals surface area contributed by atoms with E-state index >= 15 is 0 Å². The van der Waals surface area contributed by atoms with Crippen LogP contribution in [0.2, 0.25) is 0 Å². The highest BCUT2D eigenvalue weighted by atomic mass is 16.4. The lowest BCUT2D eigenvalue weighted by molar-refractivity contribution is 0.0690. The van der Waals surface area contributed by atoms with E-state index in [4.69, 9.17) is 9.52 Å². The number of furan rings is 1. The maximum absolute atomic E-state index is 11.6. The van der Waals surface area contributed by atoms with Crippen molar-refractivity contribution >= 4 is 5.97 Å². The Balaban J connectivity index is 2.52. The van der Waals surface area contributed by atoms with Gasteiger partial charge in [-0.1, -0.05) is 0 Å². The van der Waals surface area contributed by atoms with E-state index in [1.165, 1.54) is 12.1 Å². The van der Waals surface area contributed by atoms with Crippen LogP contribution < -0.4 is 5.56 Å². The number of aromatic nitrogens is 1. The Kier molecular flexibility index (Phi) is 2.36. The third kappa shape index (κ3) is 1.75. The largest absolute Gasteiger partial charge is 0.477 e. The van der Waals surface area contributed by atoms with Gasteiger partial charge in [0.15, 0.2) is 0 Å². The molecule has 0 aliphatic carbocycles. The van der Waals surface area contributed by atoms with Crippen molar-refractivity contribution in [2.24, 2.45) is 0 Å². The van der Waals surface area contributed by atoms with Crippen molar-refractivity contribution in [2.75, 3.05) is 0 Å². The lowest BCUT2D eigenvalue weighted by Crippen LogP contribution is -2.13. The molecule has 0 aromatic carbocycles. The van der Waals surface area contributed by atoms with Crippen LogP contribution >= 0.6 is 0 Å². The van der Waals surface area contributed by atoms with E-state index in [0.29, 0.717) is 17.1 Å². The van der Waals surface area contributed by atoms with E-state index in [1.807, 2.05) is 0 Å². The molecule has 5 nitrogen and oxygen atoms in total. The molecule has 16 heavy (non-hydrogen) atoms. The van der Waals surface area contributed by atoms with Crippen molar-refractivity contribution in [3.05, 3.63) is 46.1 Å². The van der Waals surface area contributed by atoms with Crippen molar-refractivity contribution < 1.29 is 14.3 Å². The number of carboxylic acids is 1. The van der Waals surface area contributed by atoms with Crippen LogP contribution in [0.3, 0.4) is 0 Å². The number of carbonyl (C=O) groups is 1. The van der Waals surface area contributed by atoms with Crippen LogP contribution in [0, 0.1) is 6.92 Å². The Hall–Kier alpha value is -2.30. The lowest BCUT2D eigenvalue weighted by Gasteiger charge is -1.97. The summed E-state index contributed by atoms with van der Waals surface area (Å²) >= 11 is 0. The predicted octanol–water partition coefficient (Wildman–Crippen LogP) is 1.64. The van der Waals surface area contributed by atoms with E-state index in [2.05, 4.69) is 4.98 Å². The van der Waals surface area contributed by atoms with Crippen LogP contribution in [0.25, 0.3) is 11.3 Å². The van der Waals surface area contributed by atoms with Crippen LogP contribution in [-0.2, 0) is 0 Å². The fraction of sp³-hybridized carbons (Fsp3) is 0.0909. The maximum Gasteiger partial charge on any atom is 0.352 e. The first-order valence-electron chi connectivity index (χ1n) is 4.61. The molecular weight excluding hydrogens is 210 g/mol. The Bertz CT molecular complexity index is 594. The Morgan fingerprint density at radius 3 is 2.56 bits per heavy atom.